The highest BCUT2D eigenvalue weighted by Crippen LogP contribution is 2.21. The molecule has 0 saturated heterocycles. The number of nitriles is 1. The Balaban J connectivity index is 2.22. The van der Waals surface area contributed by atoms with Crippen LogP contribution in [0.3, 0.4) is 0 Å². The highest BCUT2D eigenvalue weighted by atomic mass is 14.9. The molecule has 0 unspecified atom stereocenters. The van der Waals surface area contributed by atoms with Gasteiger partial charge in [0, 0.05) is 6.54 Å². The number of nitrogens with one attached hydrogen (secondary N) is 1. The summed E-state index contributed by atoms with van der Waals surface area (Å²) in [6.07, 6.45) is 0. The summed E-state index contributed by atoms with van der Waals surface area (Å²) in [4.78, 5) is 0. The van der Waals surface area contributed by atoms with E-state index in [1.807, 2.05) is 37.3 Å². The van der Waals surface area contributed by atoms with Crippen LogP contribution in [0.5, 0.6) is 0 Å². The van der Waals surface area contributed by atoms with E-state index >= 15 is 0 Å². The van der Waals surface area contributed by atoms with Crippen molar-refractivity contribution in [1.29, 1.82) is 5.26 Å². The lowest BCUT2D eigenvalue weighted by Gasteiger charge is -2.12. The third-order valence-corrected chi connectivity index (χ3v) is 3.11. The van der Waals surface area contributed by atoms with Crippen LogP contribution in [-0.4, -0.2) is 0 Å². The average molecular weight is 236 g/mol. The van der Waals surface area contributed by atoms with E-state index in [4.69, 9.17) is 5.26 Å². The first-order chi connectivity index (χ1) is 8.72. The summed E-state index contributed by atoms with van der Waals surface area (Å²) in [5.41, 5.74) is 5.25. The summed E-state index contributed by atoms with van der Waals surface area (Å²) < 4.78 is 0. The minimum absolute atomic E-state index is 0.698. The number of nitrogens with zero attached hydrogens (tertiary/aromatic N) is 1. The van der Waals surface area contributed by atoms with E-state index in [1.54, 1.807) is 0 Å². The molecule has 0 aromatic heterocycles. The molecule has 18 heavy (non-hydrogen) atoms. The molecule has 1 N–H and O–H groups in total. The van der Waals surface area contributed by atoms with Crippen LogP contribution in [0.1, 0.15) is 22.3 Å². The van der Waals surface area contributed by atoms with E-state index in [-0.39, 0.29) is 0 Å². The van der Waals surface area contributed by atoms with Crippen LogP contribution in [0.2, 0.25) is 0 Å². The summed E-state index contributed by atoms with van der Waals surface area (Å²) in [6.45, 7) is 4.85. The first-order valence-corrected chi connectivity index (χ1v) is 6.00. The van der Waals surface area contributed by atoms with Crippen molar-refractivity contribution in [3.05, 3.63) is 64.7 Å². The van der Waals surface area contributed by atoms with E-state index in [1.165, 1.54) is 11.1 Å². The zero-order valence-electron chi connectivity index (χ0n) is 10.7. The fraction of sp³-hybridized carbons (Fsp3) is 0.188. The lowest BCUT2D eigenvalue weighted by Crippen LogP contribution is -2.04. The zero-order valence-corrected chi connectivity index (χ0v) is 10.7. The van der Waals surface area contributed by atoms with Crippen molar-refractivity contribution in [3.8, 4) is 6.07 Å². The summed E-state index contributed by atoms with van der Waals surface area (Å²) in [5, 5.41) is 12.5. The van der Waals surface area contributed by atoms with Gasteiger partial charge in [0.25, 0.3) is 0 Å². The molecule has 0 radical (unpaired) electrons. The number of hydrogen-bond acceptors (Lipinski definition) is 2. The average Bonchev–Trinajstić information content (AvgIpc) is 2.39. The number of benzene rings is 2. The molecule has 0 aliphatic heterocycles. The van der Waals surface area contributed by atoms with Gasteiger partial charge in [-0.3, -0.25) is 0 Å². The van der Waals surface area contributed by atoms with Crippen LogP contribution in [0.25, 0.3) is 0 Å². The van der Waals surface area contributed by atoms with Gasteiger partial charge in [0.2, 0.25) is 0 Å². The van der Waals surface area contributed by atoms with Crippen molar-refractivity contribution >= 4 is 5.69 Å². The Hall–Kier alpha value is -2.27. The maximum absolute atomic E-state index is 9.10. The van der Waals surface area contributed by atoms with Crippen molar-refractivity contribution < 1.29 is 0 Å². The molecule has 2 aromatic carbocycles. The third kappa shape index (κ3) is 2.52. The van der Waals surface area contributed by atoms with Crippen LogP contribution in [0.4, 0.5) is 5.69 Å². The van der Waals surface area contributed by atoms with E-state index in [0.29, 0.717) is 5.56 Å². The second kappa shape index (κ2) is 5.37. The predicted octanol–water partition coefficient (Wildman–Crippen LogP) is 3.79. The summed E-state index contributed by atoms with van der Waals surface area (Å²) in [5.74, 6) is 0. The molecular weight excluding hydrogens is 220 g/mol. The van der Waals surface area contributed by atoms with Crippen LogP contribution in [0, 0.1) is 25.2 Å². The molecule has 0 bridgehead atoms. The van der Waals surface area contributed by atoms with Crippen molar-refractivity contribution in [2.24, 2.45) is 0 Å². The topological polar surface area (TPSA) is 35.8 Å². The Morgan fingerprint density at radius 2 is 1.72 bits per heavy atom. The molecule has 0 heterocycles. The Morgan fingerprint density at radius 3 is 2.44 bits per heavy atom. The van der Waals surface area contributed by atoms with Crippen molar-refractivity contribution in [2.45, 2.75) is 20.4 Å². The molecule has 0 aliphatic carbocycles. The van der Waals surface area contributed by atoms with E-state index in [2.05, 4.69) is 30.4 Å². The smallest absolute Gasteiger partial charge is 0.101 e. The van der Waals surface area contributed by atoms with Gasteiger partial charge in [-0.1, -0.05) is 36.4 Å². The quantitative estimate of drug-likeness (QED) is 0.880. The SMILES string of the molecule is Cc1ccccc1CNc1c(C)cccc1C#N. The standard InChI is InChI=1S/C16H16N2/c1-12-6-3-4-8-15(12)11-18-16-13(2)7-5-9-14(16)10-17/h3-9,18H,11H2,1-2H3. The van der Waals surface area contributed by atoms with Crippen LogP contribution in [0.15, 0.2) is 42.5 Å². The maximum Gasteiger partial charge on any atom is 0.101 e. The first kappa shape index (κ1) is 12.2. The van der Waals surface area contributed by atoms with Crippen molar-refractivity contribution in [1.82, 2.24) is 0 Å². The molecule has 0 saturated carbocycles. The summed E-state index contributed by atoms with van der Waals surface area (Å²) >= 11 is 0. The van der Waals surface area contributed by atoms with Gasteiger partial charge in [-0.05, 0) is 36.6 Å². The molecule has 0 aliphatic rings. The van der Waals surface area contributed by atoms with Gasteiger partial charge in [-0.15, -0.1) is 0 Å². The fourth-order valence-electron chi connectivity index (χ4n) is 1.99. The minimum atomic E-state index is 0.698. The van der Waals surface area contributed by atoms with Crippen LogP contribution in [-0.2, 0) is 6.54 Å². The third-order valence-electron chi connectivity index (χ3n) is 3.11. The summed E-state index contributed by atoms with van der Waals surface area (Å²) in [7, 11) is 0. The summed E-state index contributed by atoms with van der Waals surface area (Å²) in [6, 6.07) is 16.3. The fourth-order valence-corrected chi connectivity index (χ4v) is 1.99. The Morgan fingerprint density at radius 1 is 1.00 bits per heavy atom. The molecule has 90 valence electrons. The lowest BCUT2D eigenvalue weighted by atomic mass is 10.1. The molecule has 2 rings (SSSR count). The number of aryl methyl sites for hydroxylation is 2. The Bertz CT molecular complexity index is 594. The van der Waals surface area contributed by atoms with E-state index in [9.17, 15) is 0 Å². The molecule has 0 fully saturated rings. The number of hydrogen-bond donors (Lipinski definition) is 1. The molecule has 2 nitrogen and oxygen atoms in total. The van der Waals surface area contributed by atoms with E-state index in [0.717, 1.165) is 17.8 Å². The van der Waals surface area contributed by atoms with Gasteiger partial charge in [-0.2, -0.15) is 5.26 Å². The largest absolute Gasteiger partial charge is 0.380 e. The van der Waals surface area contributed by atoms with Gasteiger partial charge in [0.05, 0.1) is 11.3 Å². The number of anilines is 1. The lowest BCUT2D eigenvalue weighted by molar-refractivity contribution is 1.11. The van der Waals surface area contributed by atoms with E-state index < -0.39 is 0 Å². The van der Waals surface area contributed by atoms with Gasteiger partial charge < -0.3 is 5.32 Å². The molecular formula is C16H16N2. The second-order valence-electron chi connectivity index (χ2n) is 4.39. The molecule has 0 atom stereocenters. The van der Waals surface area contributed by atoms with Gasteiger partial charge in [0.1, 0.15) is 6.07 Å². The molecule has 0 amide bonds. The maximum atomic E-state index is 9.10. The number of para-hydroxylation sites is 1. The van der Waals surface area contributed by atoms with Gasteiger partial charge in [0.15, 0.2) is 0 Å². The zero-order chi connectivity index (χ0) is 13.0. The highest BCUT2D eigenvalue weighted by Gasteiger charge is 2.05. The number of rotatable bonds is 3. The van der Waals surface area contributed by atoms with Crippen molar-refractivity contribution in [3.63, 3.8) is 0 Å². The normalized spacial score (nSPS) is 9.83. The Labute approximate surface area is 108 Å². The van der Waals surface area contributed by atoms with Gasteiger partial charge >= 0.3 is 0 Å². The minimum Gasteiger partial charge on any atom is -0.380 e. The molecule has 2 heteroatoms. The first-order valence-electron chi connectivity index (χ1n) is 6.00. The predicted molar refractivity (Wildman–Crippen MR) is 74.4 cm³/mol. The van der Waals surface area contributed by atoms with Gasteiger partial charge in [-0.25, -0.2) is 0 Å². The highest BCUT2D eigenvalue weighted by molar-refractivity contribution is 5.62. The molecule has 0 spiro atoms. The molecule has 2 aromatic rings. The Kier molecular flexibility index (Phi) is 3.64. The monoisotopic (exact) mass is 236 g/mol. The van der Waals surface area contributed by atoms with Crippen LogP contribution >= 0.6 is 0 Å². The van der Waals surface area contributed by atoms with Crippen LogP contribution < -0.4 is 5.32 Å². The second-order valence-corrected chi connectivity index (χ2v) is 4.39. The van der Waals surface area contributed by atoms with Crippen molar-refractivity contribution in [2.75, 3.05) is 5.32 Å².